The van der Waals surface area contributed by atoms with Crippen LogP contribution in [0.25, 0.3) is 5.76 Å². The summed E-state index contributed by atoms with van der Waals surface area (Å²) in [6, 6.07) is 13.9. The van der Waals surface area contributed by atoms with E-state index in [0.29, 0.717) is 31.9 Å². The van der Waals surface area contributed by atoms with Crippen molar-refractivity contribution in [1.29, 1.82) is 0 Å². The predicted molar refractivity (Wildman–Crippen MR) is 146 cm³/mol. The first-order valence-electron chi connectivity index (χ1n) is 13.1. The number of rotatable bonds is 11. The van der Waals surface area contributed by atoms with E-state index in [4.69, 9.17) is 9.47 Å². The summed E-state index contributed by atoms with van der Waals surface area (Å²) in [6.45, 7) is 7.19. The molecule has 1 unspecified atom stereocenters. The van der Waals surface area contributed by atoms with E-state index in [1.54, 1.807) is 29.2 Å². The summed E-state index contributed by atoms with van der Waals surface area (Å²) < 4.78 is 12.1. The Labute approximate surface area is 227 Å². The molecule has 0 saturated carbocycles. The van der Waals surface area contributed by atoms with E-state index in [0.717, 1.165) is 61.1 Å². The predicted octanol–water partition coefficient (Wildman–Crippen LogP) is 5.16. The average molecular weight is 572 g/mol. The topological polar surface area (TPSA) is 79.3 Å². The molecule has 37 heavy (non-hydrogen) atoms. The molecule has 198 valence electrons. The molecule has 2 aliphatic rings. The molecule has 1 atom stereocenters. The lowest BCUT2D eigenvalue weighted by Gasteiger charge is -2.29. The minimum absolute atomic E-state index is 0.121. The van der Waals surface area contributed by atoms with Crippen LogP contribution in [0.3, 0.4) is 0 Å². The Morgan fingerprint density at radius 2 is 1.70 bits per heavy atom. The molecule has 0 spiro atoms. The Morgan fingerprint density at radius 1 is 1.00 bits per heavy atom. The molecule has 2 saturated heterocycles. The van der Waals surface area contributed by atoms with Gasteiger partial charge in [-0.05, 0) is 42.7 Å². The zero-order valence-corrected chi connectivity index (χ0v) is 22.9. The lowest BCUT2D eigenvalue weighted by molar-refractivity contribution is -0.140. The molecule has 2 aromatic carbocycles. The normalized spacial score (nSPS) is 19.9. The Balaban J connectivity index is 1.60. The summed E-state index contributed by atoms with van der Waals surface area (Å²) in [5, 5.41) is 11.2. The second-order valence-electron chi connectivity index (χ2n) is 9.43. The first-order chi connectivity index (χ1) is 18.0. The SMILES string of the molecule is CCCCCOc1ccc(C2C(=C(O)c3ccc(Br)cc3)C(=O)C(=O)N2CCCN2CCOCC2)cc1. The Kier molecular flexibility index (Phi) is 9.77. The van der Waals surface area contributed by atoms with Gasteiger partial charge < -0.3 is 19.5 Å². The van der Waals surface area contributed by atoms with E-state index < -0.39 is 17.7 Å². The number of carbonyl (C=O) groups is 2. The van der Waals surface area contributed by atoms with Gasteiger partial charge in [-0.1, -0.05) is 60.0 Å². The van der Waals surface area contributed by atoms with Crippen molar-refractivity contribution in [2.24, 2.45) is 0 Å². The number of ether oxygens (including phenoxy) is 2. The number of nitrogens with zero attached hydrogens (tertiary/aromatic N) is 2. The van der Waals surface area contributed by atoms with Gasteiger partial charge in [0, 0.05) is 36.2 Å². The number of morpholine rings is 1. The maximum absolute atomic E-state index is 13.2. The average Bonchev–Trinajstić information content (AvgIpc) is 3.17. The second kappa shape index (κ2) is 13.2. The van der Waals surface area contributed by atoms with Crippen molar-refractivity contribution in [2.75, 3.05) is 46.0 Å². The third-order valence-corrected chi connectivity index (χ3v) is 7.38. The van der Waals surface area contributed by atoms with Gasteiger partial charge in [-0.25, -0.2) is 0 Å². The lowest BCUT2D eigenvalue weighted by Crippen LogP contribution is -2.38. The molecule has 2 aromatic rings. The van der Waals surface area contributed by atoms with Crippen LogP contribution in [0.2, 0.25) is 0 Å². The van der Waals surface area contributed by atoms with Gasteiger partial charge in [0.15, 0.2) is 0 Å². The van der Waals surface area contributed by atoms with Gasteiger partial charge in [0.1, 0.15) is 11.5 Å². The smallest absolute Gasteiger partial charge is 0.295 e. The molecule has 2 fully saturated rings. The molecule has 1 amide bonds. The van der Waals surface area contributed by atoms with Crippen molar-refractivity contribution >= 4 is 33.4 Å². The van der Waals surface area contributed by atoms with Gasteiger partial charge in [0.2, 0.25) is 0 Å². The van der Waals surface area contributed by atoms with Crippen molar-refractivity contribution in [2.45, 2.75) is 38.6 Å². The fraction of sp³-hybridized carbons (Fsp3) is 0.448. The number of Topliss-reactive ketones (excluding diaryl/α,β-unsaturated/α-hetero) is 1. The van der Waals surface area contributed by atoms with E-state index in [1.807, 2.05) is 24.3 Å². The van der Waals surface area contributed by atoms with Gasteiger partial charge in [0.25, 0.3) is 11.7 Å². The van der Waals surface area contributed by atoms with Crippen LogP contribution in [0.4, 0.5) is 0 Å². The van der Waals surface area contributed by atoms with Gasteiger partial charge in [0.05, 0.1) is 31.4 Å². The molecule has 2 heterocycles. The highest BCUT2D eigenvalue weighted by Gasteiger charge is 2.45. The standard InChI is InChI=1S/C29H35BrN2O5/c1-2-3-4-18-37-24-12-8-21(9-13-24)26-25(27(33)22-6-10-23(30)11-7-22)28(34)29(35)32(26)15-5-14-31-16-19-36-20-17-31/h6-13,26,33H,2-5,14-20H2,1H3. The quantitative estimate of drug-likeness (QED) is 0.174. The third kappa shape index (κ3) is 6.80. The molecule has 0 aliphatic carbocycles. The maximum atomic E-state index is 13.2. The van der Waals surface area contributed by atoms with Gasteiger partial charge in [-0.3, -0.25) is 14.5 Å². The fourth-order valence-corrected chi connectivity index (χ4v) is 5.06. The maximum Gasteiger partial charge on any atom is 0.295 e. The van der Waals surface area contributed by atoms with Crippen LogP contribution >= 0.6 is 15.9 Å². The number of hydrogen-bond acceptors (Lipinski definition) is 6. The molecular weight excluding hydrogens is 536 g/mol. The fourth-order valence-electron chi connectivity index (χ4n) is 4.80. The summed E-state index contributed by atoms with van der Waals surface area (Å²) in [5.74, 6) is -0.648. The molecule has 0 bridgehead atoms. The summed E-state index contributed by atoms with van der Waals surface area (Å²) in [5.41, 5.74) is 1.39. The largest absolute Gasteiger partial charge is 0.507 e. The van der Waals surface area contributed by atoms with Crippen molar-refractivity contribution in [3.8, 4) is 5.75 Å². The zero-order valence-electron chi connectivity index (χ0n) is 21.3. The first kappa shape index (κ1) is 27.4. The molecule has 4 rings (SSSR count). The summed E-state index contributed by atoms with van der Waals surface area (Å²) >= 11 is 3.40. The Morgan fingerprint density at radius 3 is 2.38 bits per heavy atom. The molecule has 1 N–H and O–H groups in total. The summed E-state index contributed by atoms with van der Waals surface area (Å²) in [7, 11) is 0. The molecule has 7 nitrogen and oxygen atoms in total. The highest BCUT2D eigenvalue weighted by atomic mass is 79.9. The van der Waals surface area contributed by atoms with Gasteiger partial charge >= 0.3 is 0 Å². The van der Waals surface area contributed by atoms with Crippen LogP contribution in [0.5, 0.6) is 5.75 Å². The van der Waals surface area contributed by atoms with Crippen molar-refractivity contribution < 1.29 is 24.2 Å². The number of unbranched alkanes of at least 4 members (excludes halogenated alkanes) is 2. The van der Waals surface area contributed by atoms with E-state index in [1.165, 1.54) is 0 Å². The second-order valence-corrected chi connectivity index (χ2v) is 10.3. The summed E-state index contributed by atoms with van der Waals surface area (Å²) in [6.07, 6.45) is 3.97. The number of carbonyl (C=O) groups excluding carboxylic acids is 2. The molecule has 0 radical (unpaired) electrons. The number of amides is 1. The van der Waals surface area contributed by atoms with E-state index >= 15 is 0 Å². The minimum Gasteiger partial charge on any atom is -0.507 e. The van der Waals surface area contributed by atoms with Crippen LogP contribution in [0.1, 0.15) is 49.8 Å². The van der Waals surface area contributed by atoms with Crippen LogP contribution < -0.4 is 4.74 Å². The van der Waals surface area contributed by atoms with Crippen LogP contribution in [-0.4, -0.2) is 72.6 Å². The molecule has 8 heteroatoms. The number of aliphatic hydroxyl groups excluding tert-OH is 1. The zero-order chi connectivity index (χ0) is 26.2. The van der Waals surface area contributed by atoms with Crippen LogP contribution in [-0.2, 0) is 14.3 Å². The molecule has 2 aliphatic heterocycles. The van der Waals surface area contributed by atoms with E-state index in [9.17, 15) is 14.7 Å². The highest BCUT2D eigenvalue weighted by molar-refractivity contribution is 9.10. The third-order valence-electron chi connectivity index (χ3n) is 6.85. The monoisotopic (exact) mass is 570 g/mol. The number of aliphatic hydroxyl groups is 1. The number of benzene rings is 2. The van der Waals surface area contributed by atoms with Crippen molar-refractivity contribution in [3.63, 3.8) is 0 Å². The van der Waals surface area contributed by atoms with Crippen LogP contribution in [0, 0.1) is 0 Å². The van der Waals surface area contributed by atoms with Crippen LogP contribution in [0.15, 0.2) is 58.6 Å². The number of likely N-dealkylation sites (tertiary alicyclic amines) is 1. The first-order valence-corrected chi connectivity index (χ1v) is 13.9. The molecular formula is C29H35BrN2O5. The summed E-state index contributed by atoms with van der Waals surface area (Å²) in [4.78, 5) is 30.4. The van der Waals surface area contributed by atoms with E-state index in [-0.39, 0.29) is 11.3 Å². The Bertz CT molecular complexity index is 1090. The number of halogens is 1. The van der Waals surface area contributed by atoms with E-state index in [2.05, 4.69) is 27.8 Å². The van der Waals surface area contributed by atoms with Crippen molar-refractivity contribution in [1.82, 2.24) is 9.80 Å². The number of hydrogen-bond donors (Lipinski definition) is 1. The Hall–Kier alpha value is -2.68. The molecule has 0 aromatic heterocycles. The van der Waals surface area contributed by atoms with Crippen molar-refractivity contribution in [3.05, 3.63) is 69.7 Å². The lowest BCUT2D eigenvalue weighted by atomic mass is 9.95. The number of ketones is 1. The highest BCUT2D eigenvalue weighted by Crippen LogP contribution is 2.40. The minimum atomic E-state index is -0.664. The van der Waals surface area contributed by atoms with Gasteiger partial charge in [-0.2, -0.15) is 0 Å². The van der Waals surface area contributed by atoms with Gasteiger partial charge in [-0.15, -0.1) is 0 Å².